The molecule has 1 atom stereocenters. The van der Waals surface area contributed by atoms with Crippen molar-refractivity contribution in [1.29, 1.82) is 0 Å². The molecule has 2 heterocycles. The molecule has 1 fully saturated rings. The van der Waals surface area contributed by atoms with Crippen LogP contribution in [-0.2, 0) is 21.4 Å². The Balaban J connectivity index is 1.64. The first kappa shape index (κ1) is 19.1. The Bertz CT molecular complexity index is 880. The van der Waals surface area contributed by atoms with Crippen LogP contribution in [0.1, 0.15) is 24.3 Å². The highest BCUT2D eigenvalue weighted by Crippen LogP contribution is 2.25. The van der Waals surface area contributed by atoms with E-state index in [0.717, 1.165) is 4.47 Å². The molecule has 1 aliphatic rings. The third-order valence-electron chi connectivity index (χ3n) is 4.33. The molecule has 1 unspecified atom stereocenters. The first-order valence-electron chi connectivity index (χ1n) is 8.32. The maximum atomic E-state index is 12.8. The van der Waals surface area contributed by atoms with E-state index in [0.29, 0.717) is 30.8 Å². The summed E-state index contributed by atoms with van der Waals surface area (Å²) in [4.78, 5) is 12.7. The summed E-state index contributed by atoms with van der Waals surface area (Å²) >= 11 is 3.30. The number of piperidine rings is 1. The Labute approximate surface area is 160 Å². The average molecular weight is 442 g/mol. The van der Waals surface area contributed by atoms with E-state index in [1.807, 2.05) is 0 Å². The molecule has 0 aliphatic carbocycles. The van der Waals surface area contributed by atoms with Gasteiger partial charge in [-0.15, -0.1) is 0 Å². The first-order chi connectivity index (χ1) is 12.4. The Morgan fingerprint density at radius 3 is 2.77 bits per heavy atom. The van der Waals surface area contributed by atoms with Gasteiger partial charge < -0.3 is 9.84 Å². The SMILES string of the molecule is Cc1cc(CNC(=O)C2CCCN(S(=O)(=O)c3ccc(Br)cc3)C2)no1. The Morgan fingerprint density at radius 2 is 2.12 bits per heavy atom. The third-order valence-corrected chi connectivity index (χ3v) is 6.73. The molecule has 0 bridgehead atoms. The van der Waals surface area contributed by atoms with Gasteiger partial charge in [0.15, 0.2) is 0 Å². The average Bonchev–Trinajstić information content (AvgIpc) is 3.05. The highest BCUT2D eigenvalue weighted by atomic mass is 79.9. The normalized spacial score (nSPS) is 18.6. The zero-order valence-corrected chi connectivity index (χ0v) is 16.7. The second-order valence-electron chi connectivity index (χ2n) is 6.30. The fraction of sp³-hybridized carbons (Fsp3) is 0.412. The van der Waals surface area contributed by atoms with E-state index in [2.05, 4.69) is 26.4 Å². The number of nitrogens with one attached hydrogen (secondary N) is 1. The molecular weight excluding hydrogens is 422 g/mol. The maximum Gasteiger partial charge on any atom is 0.243 e. The van der Waals surface area contributed by atoms with Gasteiger partial charge >= 0.3 is 0 Å². The standard InChI is InChI=1S/C17H20BrN3O4S/c1-12-9-15(20-25-12)10-19-17(22)13-3-2-8-21(11-13)26(23,24)16-6-4-14(18)5-7-16/h4-7,9,13H,2-3,8,10-11H2,1H3,(H,19,22). The smallest absolute Gasteiger partial charge is 0.243 e. The number of halogens is 1. The van der Waals surface area contributed by atoms with Crippen LogP contribution in [0.4, 0.5) is 0 Å². The summed E-state index contributed by atoms with van der Waals surface area (Å²) in [5.74, 6) is 0.141. The minimum atomic E-state index is -3.60. The number of sulfonamides is 1. The molecule has 7 nitrogen and oxygen atoms in total. The van der Waals surface area contributed by atoms with E-state index < -0.39 is 10.0 Å². The third kappa shape index (κ3) is 4.33. The minimum Gasteiger partial charge on any atom is -0.361 e. The summed E-state index contributed by atoms with van der Waals surface area (Å²) in [7, 11) is -3.60. The van der Waals surface area contributed by atoms with Crippen LogP contribution in [0, 0.1) is 12.8 Å². The number of hydrogen-bond donors (Lipinski definition) is 1. The lowest BCUT2D eigenvalue weighted by atomic mass is 9.99. The van der Waals surface area contributed by atoms with Crippen molar-refractivity contribution in [3.8, 4) is 0 Å². The summed E-state index contributed by atoms with van der Waals surface area (Å²) in [6.45, 7) is 2.66. The highest BCUT2D eigenvalue weighted by Gasteiger charge is 2.33. The molecule has 9 heteroatoms. The first-order valence-corrected chi connectivity index (χ1v) is 10.5. The van der Waals surface area contributed by atoms with Crippen molar-refractivity contribution in [2.75, 3.05) is 13.1 Å². The lowest BCUT2D eigenvalue weighted by molar-refractivity contribution is -0.126. The zero-order chi connectivity index (χ0) is 18.7. The van der Waals surface area contributed by atoms with Crippen molar-refractivity contribution in [3.05, 3.63) is 46.3 Å². The van der Waals surface area contributed by atoms with Crippen molar-refractivity contribution in [3.63, 3.8) is 0 Å². The number of rotatable bonds is 5. The van der Waals surface area contributed by atoms with Crippen molar-refractivity contribution in [1.82, 2.24) is 14.8 Å². The van der Waals surface area contributed by atoms with Gasteiger partial charge in [0.1, 0.15) is 11.5 Å². The summed E-state index contributed by atoms with van der Waals surface area (Å²) in [6.07, 6.45) is 1.31. The van der Waals surface area contributed by atoms with Crippen LogP contribution < -0.4 is 5.32 Å². The fourth-order valence-electron chi connectivity index (χ4n) is 2.95. The number of aromatic nitrogens is 1. The molecule has 1 aliphatic heterocycles. The Kier molecular flexibility index (Phi) is 5.79. The summed E-state index contributed by atoms with van der Waals surface area (Å²) in [5, 5.41) is 6.65. The largest absolute Gasteiger partial charge is 0.361 e. The second kappa shape index (κ2) is 7.89. The maximum absolute atomic E-state index is 12.8. The molecular formula is C17H20BrN3O4S. The number of carbonyl (C=O) groups excluding carboxylic acids is 1. The van der Waals surface area contributed by atoms with E-state index in [-0.39, 0.29) is 29.8 Å². The molecule has 2 aromatic rings. The van der Waals surface area contributed by atoms with E-state index >= 15 is 0 Å². The van der Waals surface area contributed by atoms with Crippen LogP contribution >= 0.6 is 15.9 Å². The van der Waals surface area contributed by atoms with Gasteiger partial charge in [-0.3, -0.25) is 4.79 Å². The number of nitrogens with zero attached hydrogens (tertiary/aromatic N) is 2. The number of aryl methyl sites for hydroxylation is 1. The Morgan fingerprint density at radius 1 is 1.38 bits per heavy atom. The van der Waals surface area contributed by atoms with Gasteiger partial charge in [-0.1, -0.05) is 21.1 Å². The molecule has 0 spiro atoms. The topological polar surface area (TPSA) is 92.5 Å². The molecule has 1 aromatic carbocycles. The van der Waals surface area contributed by atoms with Gasteiger partial charge in [-0.2, -0.15) is 4.31 Å². The molecule has 26 heavy (non-hydrogen) atoms. The quantitative estimate of drug-likeness (QED) is 0.768. The number of hydrogen-bond acceptors (Lipinski definition) is 5. The van der Waals surface area contributed by atoms with Crippen LogP contribution in [-0.4, -0.2) is 36.9 Å². The fourth-order valence-corrected chi connectivity index (χ4v) is 4.74. The van der Waals surface area contributed by atoms with Gasteiger partial charge in [0.05, 0.1) is 17.4 Å². The van der Waals surface area contributed by atoms with Crippen molar-refractivity contribution < 1.29 is 17.7 Å². The highest BCUT2D eigenvalue weighted by molar-refractivity contribution is 9.10. The molecule has 0 radical (unpaired) electrons. The predicted octanol–water partition coefficient (Wildman–Crippen LogP) is 2.46. The van der Waals surface area contributed by atoms with Crippen LogP contribution in [0.5, 0.6) is 0 Å². The van der Waals surface area contributed by atoms with E-state index in [1.165, 1.54) is 4.31 Å². The molecule has 0 saturated carbocycles. The van der Waals surface area contributed by atoms with Crippen LogP contribution in [0.2, 0.25) is 0 Å². The minimum absolute atomic E-state index is 0.165. The summed E-state index contributed by atoms with van der Waals surface area (Å²) in [5.41, 5.74) is 0.644. The van der Waals surface area contributed by atoms with Gasteiger partial charge in [-0.05, 0) is 44.0 Å². The van der Waals surface area contributed by atoms with Gasteiger partial charge in [0, 0.05) is 23.6 Å². The molecule has 1 N–H and O–H groups in total. The van der Waals surface area contributed by atoms with Crippen LogP contribution in [0.15, 0.2) is 44.2 Å². The zero-order valence-electron chi connectivity index (χ0n) is 14.3. The summed E-state index contributed by atoms with van der Waals surface area (Å²) in [6, 6.07) is 8.28. The molecule has 1 amide bonds. The van der Waals surface area contributed by atoms with Crippen LogP contribution in [0.3, 0.4) is 0 Å². The van der Waals surface area contributed by atoms with Crippen molar-refractivity contribution in [2.45, 2.75) is 31.2 Å². The lowest BCUT2D eigenvalue weighted by Crippen LogP contribution is -2.45. The van der Waals surface area contributed by atoms with E-state index in [1.54, 1.807) is 37.3 Å². The number of amides is 1. The van der Waals surface area contributed by atoms with Gasteiger partial charge in [0.2, 0.25) is 15.9 Å². The monoisotopic (exact) mass is 441 g/mol. The molecule has 3 rings (SSSR count). The second-order valence-corrected chi connectivity index (χ2v) is 9.16. The van der Waals surface area contributed by atoms with E-state index in [9.17, 15) is 13.2 Å². The van der Waals surface area contributed by atoms with E-state index in [4.69, 9.17) is 4.52 Å². The Hall–Kier alpha value is -1.71. The predicted molar refractivity (Wildman–Crippen MR) is 98.7 cm³/mol. The van der Waals surface area contributed by atoms with Crippen molar-refractivity contribution in [2.24, 2.45) is 5.92 Å². The van der Waals surface area contributed by atoms with Gasteiger partial charge in [-0.25, -0.2) is 8.42 Å². The van der Waals surface area contributed by atoms with Crippen molar-refractivity contribution >= 4 is 31.9 Å². The van der Waals surface area contributed by atoms with Crippen LogP contribution in [0.25, 0.3) is 0 Å². The molecule has 1 aromatic heterocycles. The molecule has 1 saturated heterocycles. The number of carbonyl (C=O) groups is 1. The summed E-state index contributed by atoms with van der Waals surface area (Å²) < 4.78 is 32.8. The lowest BCUT2D eigenvalue weighted by Gasteiger charge is -2.31. The van der Waals surface area contributed by atoms with Gasteiger partial charge in [0.25, 0.3) is 0 Å². The number of benzene rings is 1. The molecule has 140 valence electrons.